The van der Waals surface area contributed by atoms with Crippen molar-refractivity contribution in [2.75, 3.05) is 16.8 Å². The average Bonchev–Trinajstić information content (AvgIpc) is 2.42. The average molecular weight is 275 g/mol. The van der Waals surface area contributed by atoms with Crippen LogP contribution in [-0.2, 0) is 0 Å². The summed E-state index contributed by atoms with van der Waals surface area (Å²) in [7, 11) is 0. The Morgan fingerprint density at radius 3 is 2.45 bits per heavy atom. The molecule has 2 aromatic rings. The molecule has 6 heteroatoms. The Kier molecular flexibility index (Phi) is 3.47. The molecule has 0 radical (unpaired) electrons. The van der Waals surface area contributed by atoms with Gasteiger partial charge in [-0.2, -0.15) is 0 Å². The highest BCUT2D eigenvalue weighted by molar-refractivity contribution is 6.07. The minimum absolute atomic E-state index is 0.0526. The molecule has 0 fully saturated rings. The number of carbonyl (C=O) groups is 1. The molecule has 0 aromatic heterocycles. The Labute approximate surface area is 115 Å². The van der Waals surface area contributed by atoms with Crippen molar-refractivity contribution in [1.82, 2.24) is 0 Å². The van der Waals surface area contributed by atoms with Gasteiger partial charge in [0.05, 0.1) is 11.4 Å². The molecule has 0 atom stereocenters. The Morgan fingerprint density at radius 2 is 1.85 bits per heavy atom. The Bertz CT molecular complexity index is 643. The predicted molar refractivity (Wildman–Crippen MR) is 76.0 cm³/mol. The molecule has 2 rings (SSSR count). The van der Waals surface area contributed by atoms with Crippen LogP contribution in [0, 0.1) is 12.7 Å². The quantitative estimate of drug-likeness (QED) is 0.498. The van der Waals surface area contributed by atoms with E-state index in [1.165, 1.54) is 30.3 Å². The number of amides is 1. The van der Waals surface area contributed by atoms with Gasteiger partial charge in [-0.25, -0.2) is 4.39 Å². The number of carbonyl (C=O) groups excluding carboxylic acids is 1. The maximum Gasteiger partial charge on any atom is 0.255 e. The number of anilines is 3. The molecule has 0 heterocycles. The van der Waals surface area contributed by atoms with E-state index in [-0.39, 0.29) is 28.4 Å². The molecule has 0 unspecified atom stereocenters. The van der Waals surface area contributed by atoms with Crippen molar-refractivity contribution in [2.24, 2.45) is 0 Å². The largest absolute Gasteiger partial charge is 0.504 e. The van der Waals surface area contributed by atoms with Gasteiger partial charge in [-0.15, -0.1) is 0 Å². The van der Waals surface area contributed by atoms with Gasteiger partial charge in [0.15, 0.2) is 5.75 Å². The molecule has 0 aliphatic carbocycles. The number of hydrogen-bond donors (Lipinski definition) is 4. The van der Waals surface area contributed by atoms with E-state index in [1.54, 1.807) is 6.92 Å². The first-order valence-electron chi connectivity index (χ1n) is 5.84. The van der Waals surface area contributed by atoms with E-state index in [0.717, 1.165) is 0 Å². The zero-order valence-corrected chi connectivity index (χ0v) is 10.8. The van der Waals surface area contributed by atoms with Crippen LogP contribution in [0.2, 0.25) is 0 Å². The normalized spacial score (nSPS) is 10.3. The van der Waals surface area contributed by atoms with E-state index >= 15 is 0 Å². The number of aryl methyl sites for hydroxylation is 1. The second-order valence-electron chi connectivity index (χ2n) is 4.38. The van der Waals surface area contributed by atoms with Crippen LogP contribution in [0.15, 0.2) is 30.3 Å². The second kappa shape index (κ2) is 5.08. The second-order valence-corrected chi connectivity index (χ2v) is 4.38. The van der Waals surface area contributed by atoms with Crippen molar-refractivity contribution in [3.63, 3.8) is 0 Å². The molecule has 0 bridgehead atoms. The molecule has 20 heavy (non-hydrogen) atoms. The van der Waals surface area contributed by atoms with Crippen molar-refractivity contribution in [1.29, 1.82) is 0 Å². The third-order valence-corrected chi connectivity index (χ3v) is 2.92. The summed E-state index contributed by atoms with van der Waals surface area (Å²) in [5, 5.41) is 12.3. The van der Waals surface area contributed by atoms with Gasteiger partial charge in [0.2, 0.25) is 0 Å². The molecular weight excluding hydrogens is 261 g/mol. The van der Waals surface area contributed by atoms with E-state index < -0.39 is 11.7 Å². The van der Waals surface area contributed by atoms with E-state index in [0.29, 0.717) is 5.56 Å². The van der Waals surface area contributed by atoms with Crippen LogP contribution >= 0.6 is 0 Å². The molecule has 104 valence electrons. The number of benzene rings is 2. The topological polar surface area (TPSA) is 101 Å². The Balaban J connectivity index is 2.35. The minimum atomic E-state index is -0.517. The van der Waals surface area contributed by atoms with Crippen LogP contribution in [-0.4, -0.2) is 11.0 Å². The summed E-state index contributed by atoms with van der Waals surface area (Å²) in [6.07, 6.45) is 0. The fraction of sp³-hybridized carbons (Fsp3) is 0.0714. The lowest BCUT2D eigenvalue weighted by atomic mass is 10.1. The van der Waals surface area contributed by atoms with Gasteiger partial charge >= 0.3 is 0 Å². The monoisotopic (exact) mass is 275 g/mol. The molecule has 0 spiro atoms. The van der Waals surface area contributed by atoms with Gasteiger partial charge in [-0.1, -0.05) is 0 Å². The SMILES string of the molecule is Cc1cc(N)c(O)c(NC(=O)c2ccc(F)cc2)c1N. The van der Waals surface area contributed by atoms with Crippen molar-refractivity contribution in [3.05, 3.63) is 47.3 Å². The molecular formula is C14H14FN3O2. The fourth-order valence-electron chi connectivity index (χ4n) is 1.76. The fourth-order valence-corrected chi connectivity index (χ4v) is 1.76. The van der Waals surface area contributed by atoms with Crippen molar-refractivity contribution >= 4 is 23.0 Å². The third kappa shape index (κ3) is 2.49. The first kappa shape index (κ1) is 13.7. The first-order chi connectivity index (χ1) is 9.40. The zero-order chi connectivity index (χ0) is 14.9. The lowest BCUT2D eigenvalue weighted by Crippen LogP contribution is -2.14. The molecule has 1 amide bonds. The molecule has 0 aliphatic rings. The summed E-state index contributed by atoms with van der Waals surface area (Å²) < 4.78 is 12.8. The maximum absolute atomic E-state index is 12.8. The molecule has 0 aliphatic heterocycles. The van der Waals surface area contributed by atoms with E-state index in [2.05, 4.69) is 5.32 Å². The summed E-state index contributed by atoms with van der Waals surface area (Å²) in [6.45, 7) is 1.71. The molecule has 0 saturated heterocycles. The Morgan fingerprint density at radius 1 is 1.25 bits per heavy atom. The molecule has 5 nitrogen and oxygen atoms in total. The van der Waals surface area contributed by atoms with Crippen LogP contribution in [0.4, 0.5) is 21.5 Å². The number of halogens is 1. The number of phenolic OH excluding ortho intramolecular Hbond substituents is 1. The van der Waals surface area contributed by atoms with E-state index in [4.69, 9.17) is 11.5 Å². The van der Waals surface area contributed by atoms with Gasteiger partial charge < -0.3 is 21.9 Å². The van der Waals surface area contributed by atoms with Crippen LogP contribution in [0.3, 0.4) is 0 Å². The maximum atomic E-state index is 12.8. The van der Waals surface area contributed by atoms with Gasteiger partial charge in [0.25, 0.3) is 5.91 Å². The molecule has 2 aromatic carbocycles. The van der Waals surface area contributed by atoms with Crippen LogP contribution in [0.25, 0.3) is 0 Å². The van der Waals surface area contributed by atoms with Crippen LogP contribution in [0.5, 0.6) is 5.75 Å². The molecule has 0 saturated carbocycles. The summed E-state index contributed by atoms with van der Waals surface area (Å²) in [5.74, 6) is -1.25. The number of rotatable bonds is 2. The van der Waals surface area contributed by atoms with Gasteiger partial charge in [0.1, 0.15) is 11.5 Å². The third-order valence-electron chi connectivity index (χ3n) is 2.92. The van der Waals surface area contributed by atoms with Crippen molar-refractivity contribution < 1.29 is 14.3 Å². The highest BCUT2D eigenvalue weighted by Gasteiger charge is 2.15. The van der Waals surface area contributed by atoms with Crippen LogP contribution in [0.1, 0.15) is 15.9 Å². The lowest BCUT2D eigenvalue weighted by molar-refractivity contribution is 0.102. The summed E-state index contributed by atoms with van der Waals surface area (Å²) in [6, 6.07) is 6.51. The highest BCUT2D eigenvalue weighted by Crippen LogP contribution is 2.37. The lowest BCUT2D eigenvalue weighted by Gasteiger charge is -2.14. The van der Waals surface area contributed by atoms with E-state index in [1.807, 2.05) is 0 Å². The zero-order valence-electron chi connectivity index (χ0n) is 10.8. The van der Waals surface area contributed by atoms with Crippen molar-refractivity contribution in [3.8, 4) is 5.75 Å². The minimum Gasteiger partial charge on any atom is -0.504 e. The summed E-state index contributed by atoms with van der Waals surface area (Å²) in [5.41, 5.74) is 12.7. The highest BCUT2D eigenvalue weighted by atomic mass is 19.1. The van der Waals surface area contributed by atoms with Gasteiger partial charge in [0, 0.05) is 5.56 Å². The predicted octanol–water partition coefficient (Wildman–Crippen LogP) is 2.26. The smallest absolute Gasteiger partial charge is 0.255 e. The van der Waals surface area contributed by atoms with Gasteiger partial charge in [-0.05, 0) is 42.8 Å². The van der Waals surface area contributed by atoms with Gasteiger partial charge in [-0.3, -0.25) is 4.79 Å². The van der Waals surface area contributed by atoms with Crippen LogP contribution < -0.4 is 16.8 Å². The molecule has 6 N–H and O–H groups in total. The number of nitrogens with two attached hydrogens (primary N) is 2. The standard InChI is InChI=1S/C14H14FN3O2/c1-7-6-10(16)13(19)12(11(7)17)18-14(20)8-2-4-9(15)5-3-8/h2-6,19H,16-17H2,1H3,(H,18,20). The summed E-state index contributed by atoms with van der Waals surface area (Å²) in [4.78, 5) is 12.0. The van der Waals surface area contributed by atoms with Crippen molar-refractivity contribution in [2.45, 2.75) is 6.92 Å². The number of nitrogens with one attached hydrogen (secondary N) is 1. The van der Waals surface area contributed by atoms with E-state index in [9.17, 15) is 14.3 Å². The number of phenols is 1. The summed E-state index contributed by atoms with van der Waals surface area (Å²) >= 11 is 0. The first-order valence-corrected chi connectivity index (χ1v) is 5.84. The number of aromatic hydroxyl groups is 1. The number of nitrogen functional groups attached to an aromatic ring is 2. The Hall–Kier alpha value is -2.76. The number of hydrogen-bond acceptors (Lipinski definition) is 4.